The minimum Gasteiger partial charge on any atom is -0.353 e. The van der Waals surface area contributed by atoms with Crippen LogP contribution in [0.3, 0.4) is 0 Å². The number of nitrogens with zero attached hydrogens (tertiary/aromatic N) is 3. The van der Waals surface area contributed by atoms with Crippen LogP contribution in [0, 0.1) is 5.92 Å². The van der Waals surface area contributed by atoms with Crippen LogP contribution in [0.2, 0.25) is 0 Å². The number of hydrogen-bond donors (Lipinski definition) is 1. The Morgan fingerprint density at radius 2 is 1.96 bits per heavy atom. The van der Waals surface area contributed by atoms with Gasteiger partial charge in [-0.1, -0.05) is 0 Å². The Kier molecular flexibility index (Phi) is 4.42. The van der Waals surface area contributed by atoms with Gasteiger partial charge >= 0.3 is 0 Å². The van der Waals surface area contributed by atoms with E-state index in [1.807, 2.05) is 29.4 Å². The lowest BCUT2D eigenvalue weighted by molar-refractivity contribution is -0.133. The van der Waals surface area contributed by atoms with E-state index in [-0.39, 0.29) is 17.9 Å². The van der Waals surface area contributed by atoms with Crippen LogP contribution < -0.4 is 5.32 Å². The molecule has 2 fully saturated rings. The summed E-state index contributed by atoms with van der Waals surface area (Å²) in [7, 11) is 0. The average molecular weight is 340 g/mol. The van der Waals surface area contributed by atoms with Gasteiger partial charge in [0.15, 0.2) is 0 Å². The summed E-state index contributed by atoms with van der Waals surface area (Å²) in [4.78, 5) is 30.4. The normalized spacial score (nSPS) is 18.5. The van der Waals surface area contributed by atoms with E-state index in [4.69, 9.17) is 0 Å². The second-order valence-corrected chi connectivity index (χ2v) is 7.13. The molecule has 1 aliphatic carbocycles. The van der Waals surface area contributed by atoms with E-state index < -0.39 is 0 Å². The van der Waals surface area contributed by atoms with E-state index in [9.17, 15) is 9.59 Å². The molecule has 2 aliphatic rings. The van der Waals surface area contributed by atoms with Crippen molar-refractivity contribution in [3.63, 3.8) is 0 Å². The summed E-state index contributed by atoms with van der Waals surface area (Å²) in [5.74, 6) is 0.688. The zero-order valence-corrected chi connectivity index (χ0v) is 14.4. The van der Waals surface area contributed by atoms with Crippen LogP contribution in [0.15, 0.2) is 30.7 Å². The lowest BCUT2D eigenvalue weighted by Crippen LogP contribution is -2.47. The molecule has 1 saturated carbocycles. The molecule has 2 aromatic rings. The third-order valence-electron chi connectivity index (χ3n) is 5.25. The zero-order valence-electron chi connectivity index (χ0n) is 14.4. The number of carbonyl (C=O) groups excluding carboxylic acids is 2. The highest BCUT2D eigenvalue weighted by atomic mass is 16.2. The quantitative estimate of drug-likeness (QED) is 0.904. The number of carbonyl (C=O) groups is 2. The number of hydrogen-bond acceptors (Lipinski definition) is 3. The number of pyridine rings is 1. The van der Waals surface area contributed by atoms with E-state index in [0.29, 0.717) is 18.9 Å². The minimum atomic E-state index is 0.0812. The van der Waals surface area contributed by atoms with E-state index in [0.717, 1.165) is 49.7 Å². The van der Waals surface area contributed by atoms with Crippen molar-refractivity contribution in [1.29, 1.82) is 0 Å². The van der Waals surface area contributed by atoms with Crippen LogP contribution in [0.5, 0.6) is 0 Å². The second-order valence-electron chi connectivity index (χ2n) is 7.13. The molecule has 0 aromatic carbocycles. The van der Waals surface area contributed by atoms with E-state index in [2.05, 4.69) is 14.9 Å². The molecule has 132 valence electrons. The standard InChI is InChI=1S/C19H24N4O2/c24-18(7-12-22-9-4-14-3-8-20-13-17(14)22)21-16-5-10-23(11-6-16)19(25)15-1-2-15/h3-4,8-9,13,15-16H,1-2,5-7,10-12H2,(H,21,24). The smallest absolute Gasteiger partial charge is 0.225 e. The first-order chi connectivity index (χ1) is 12.2. The Balaban J connectivity index is 1.23. The highest BCUT2D eigenvalue weighted by molar-refractivity contribution is 5.81. The van der Waals surface area contributed by atoms with Crippen LogP contribution >= 0.6 is 0 Å². The van der Waals surface area contributed by atoms with Crippen molar-refractivity contribution in [1.82, 2.24) is 19.8 Å². The number of piperidine rings is 1. The first kappa shape index (κ1) is 16.1. The predicted molar refractivity (Wildman–Crippen MR) is 94.8 cm³/mol. The number of aromatic nitrogens is 2. The molecule has 4 rings (SSSR count). The van der Waals surface area contributed by atoms with Crippen LogP contribution in [0.25, 0.3) is 10.9 Å². The summed E-state index contributed by atoms with van der Waals surface area (Å²) in [5, 5.41) is 4.27. The summed E-state index contributed by atoms with van der Waals surface area (Å²) in [5.41, 5.74) is 1.06. The second kappa shape index (κ2) is 6.86. The molecule has 2 amide bonds. The van der Waals surface area contributed by atoms with Gasteiger partial charge in [0.25, 0.3) is 0 Å². The fraction of sp³-hybridized carbons (Fsp3) is 0.526. The van der Waals surface area contributed by atoms with Gasteiger partial charge in [0.1, 0.15) is 0 Å². The molecular weight excluding hydrogens is 316 g/mol. The van der Waals surface area contributed by atoms with Gasteiger partial charge in [-0.25, -0.2) is 0 Å². The fourth-order valence-corrected chi connectivity index (χ4v) is 3.58. The van der Waals surface area contributed by atoms with E-state index in [1.54, 1.807) is 6.20 Å². The van der Waals surface area contributed by atoms with Gasteiger partial charge in [-0.3, -0.25) is 14.6 Å². The Hall–Kier alpha value is -2.37. The van der Waals surface area contributed by atoms with Crippen molar-refractivity contribution in [3.05, 3.63) is 30.7 Å². The molecule has 0 atom stereocenters. The van der Waals surface area contributed by atoms with Crippen LogP contribution in [-0.4, -0.2) is 45.4 Å². The largest absolute Gasteiger partial charge is 0.353 e. The molecule has 6 nitrogen and oxygen atoms in total. The Labute approximate surface area is 147 Å². The first-order valence-electron chi connectivity index (χ1n) is 9.18. The molecular formula is C19H24N4O2. The van der Waals surface area contributed by atoms with Crippen molar-refractivity contribution < 1.29 is 9.59 Å². The zero-order chi connectivity index (χ0) is 17.2. The minimum absolute atomic E-state index is 0.0812. The average Bonchev–Trinajstić information content (AvgIpc) is 3.41. The molecule has 0 spiro atoms. The molecule has 1 N–H and O–H groups in total. The summed E-state index contributed by atoms with van der Waals surface area (Å²) in [6.45, 7) is 2.20. The molecule has 3 heterocycles. The topological polar surface area (TPSA) is 67.2 Å². The number of nitrogens with one attached hydrogen (secondary N) is 1. The maximum absolute atomic E-state index is 12.3. The molecule has 1 aliphatic heterocycles. The summed E-state index contributed by atoms with van der Waals surface area (Å²) >= 11 is 0. The monoisotopic (exact) mass is 340 g/mol. The van der Waals surface area contributed by atoms with Gasteiger partial charge < -0.3 is 14.8 Å². The lowest BCUT2D eigenvalue weighted by atomic mass is 10.0. The van der Waals surface area contributed by atoms with Gasteiger partial charge in [0.05, 0.1) is 11.7 Å². The van der Waals surface area contributed by atoms with Crippen LogP contribution in [0.4, 0.5) is 0 Å². The number of aryl methyl sites for hydroxylation is 1. The molecule has 0 bridgehead atoms. The highest BCUT2D eigenvalue weighted by Gasteiger charge is 2.35. The van der Waals surface area contributed by atoms with Gasteiger partial charge in [-0.05, 0) is 37.8 Å². The van der Waals surface area contributed by atoms with E-state index in [1.165, 1.54) is 0 Å². The van der Waals surface area contributed by atoms with Crippen LogP contribution in [-0.2, 0) is 16.1 Å². The molecule has 0 unspecified atom stereocenters. The molecule has 1 saturated heterocycles. The number of fused-ring (bicyclic) bond motifs is 1. The summed E-state index contributed by atoms with van der Waals surface area (Å²) < 4.78 is 2.07. The molecule has 6 heteroatoms. The number of likely N-dealkylation sites (tertiary alicyclic amines) is 1. The molecule has 2 aromatic heterocycles. The maximum Gasteiger partial charge on any atom is 0.225 e. The van der Waals surface area contributed by atoms with Crippen molar-refractivity contribution in [2.24, 2.45) is 5.92 Å². The van der Waals surface area contributed by atoms with Crippen molar-refractivity contribution in [3.8, 4) is 0 Å². The Morgan fingerprint density at radius 3 is 2.72 bits per heavy atom. The number of amides is 2. The first-order valence-corrected chi connectivity index (χ1v) is 9.18. The molecule has 0 radical (unpaired) electrons. The highest BCUT2D eigenvalue weighted by Crippen LogP contribution is 2.31. The summed E-state index contributed by atoms with van der Waals surface area (Å²) in [6.07, 6.45) is 9.90. The van der Waals surface area contributed by atoms with Crippen molar-refractivity contribution in [2.45, 2.75) is 44.7 Å². The fourth-order valence-electron chi connectivity index (χ4n) is 3.58. The Morgan fingerprint density at radius 1 is 1.16 bits per heavy atom. The van der Waals surface area contributed by atoms with Crippen molar-refractivity contribution >= 4 is 22.7 Å². The van der Waals surface area contributed by atoms with Gasteiger partial charge in [0.2, 0.25) is 11.8 Å². The van der Waals surface area contributed by atoms with Gasteiger partial charge in [0, 0.05) is 55.8 Å². The third kappa shape index (κ3) is 3.67. The lowest BCUT2D eigenvalue weighted by Gasteiger charge is -2.32. The van der Waals surface area contributed by atoms with Crippen molar-refractivity contribution in [2.75, 3.05) is 13.1 Å². The van der Waals surface area contributed by atoms with Gasteiger partial charge in [-0.15, -0.1) is 0 Å². The Bertz CT molecular complexity index is 773. The van der Waals surface area contributed by atoms with Gasteiger partial charge in [-0.2, -0.15) is 0 Å². The number of rotatable bonds is 5. The van der Waals surface area contributed by atoms with Crippen LogP contribution in [0.1, 0.15) is 32.1 Å². The maximum atomic E-state index is 12.3. The summed E-state index contributed by atoms with van der Waals surface area (Å²) in [6, 6.07) is 4.21. The van der Waals surface area contributed by atoms with E-state index >= 15 is 0 Å². The SMILES string of the molecule is O=C(CCn1ccc2ccncc21)NC1CCN(C(=O)C2CC2)CC1. The predicted octanol–water partition coefficient (Wildman–Crippen LogP) is 1.94. The molecule has 25 heavy (non-hydrogen) atoms. The third-order valence-corrected chi connectivity index (χ3v) is 5.25.